The molecule has 1 atom stereocenters. The van der Waals surface area contributed by atoms with Gasteiger partial charge in [-0.05, 0) is 56.6 Å². The van der Waals surface area contributed by atoms with Crippen LogP contribution in [-0.4, -0.2) is 39.6 Å². The monoisotopic (exact) mass is 302 g/mol. The minimum atomic E-state index is 0.433. The van der Waals surface area contributed by atoms with Crippen LogP contribution in [0.3, 0.4) is 0 Å². The number of piperidine rings is 1. The van der Waals surface area contributed by atoms with Crippen molar-refractivity contribution in [3.05, 3.63) is 29.6 Å². The SMILES string of the molecule is CCNC(=S)N1CCC[C@H](c2nc3ccc(C)cc3[nH]2)C1. The molecule has 0 spiro atoms. The molecule has 1 aromatic carbocycles. The summed E-state index contributed by atoms with van der Waals surface area (Å²) in [6.45, 7) is 7.06. The maximum atomic E-state index is 5.44. The lowest BCUT2D eigenvalue weighted by Crippen LogP contribution is -2.44. The molecule has 4 nitrogen and oxygen atoms in total. The van der Waals surface area contributed by atoms with E-state index in [0.29, 0.717) is 5.92 Å². The molecule has 2 N–H and O–H groups in total. The minimum Gasteiger partial charge on any atom is -0.363 e. The number of aryl methyl sites for hydroxylation is 1. The number of nitrogens with one attached hydrogen (secondary N) is 2. The van der Waals surface area contributed by atoms with Crippen molar-refractivity contribution in [2.24, 2.45) is 0 Å². The quantitative estimate of drug-likeness (QED) is 0.837. The number of fused-ring (bicyclic) bond motifs is 1. The van der Waals surface area contributed by atoms with Crippen molar-refractivity contribution in [3.8, 4) is 0 Å². The zero-order chi connectivity index (χ0) is 14.8. The third kappa shape index (κ3) is 3.02. The molecule has 1 aromatic heterocycles. The van der Waals surface area contributed by atoms with Gasteiger partial charge in [-0.3, -0.25) is 0 Å². The number of likely N-dealkylation sites (tertiary alicyclic amines) is 1. The van der Waals surface area contributed by atoms with Crippen molar-refractivity contribution in [1.29, 1.82) is 0 Å². The maximum absolute atomic E-state index is 5.44. The number of nitrogens with zero attached hydrogens (tertiary/aromatic N) is 2. The van der Waals surface area contributed by atoms with Crippen LogP contribution < -0.4 is 5.32 Å². The second-order valence-electron chi connectivity index (χ2n) is 5.76. The second kappa shape index (κ2) is 6.02. The van der Waals surface area contributed by atoms with Crippen molar-refractivity contribution in [1.82, 2.24) is 20.2 Å². The van der Waals surface area contributed by atoms with Crippen LogP contribution >= 0.6 is 12.2 Å². The number of hydrogen-bond donors (Lipinski definition) is 2. The smallest absolute Gasteiger partial charge is 0.168 e. The van der Waals surface area contributed by atoms with Gasteiger partial charge >= 0.3 is 0 Å². The Labute approximate surface area is 130 Å². The highest BCUT2D eigenvalue weighted by molar-refractivity contribution is 7.80. The lowest BCUT2D eigenvalue weighted by Gasteiger charge is -2.33. The Kier molecular flexibility index (Phi) is 4.10. The molecule has 3 rings (SSSR count). The number of hydrogen-bond acceptors (Lipinski definition) is 2. The highest BCUT2D eigenvalue weighted by Gasteiger charge is 2.25. The summed E-state index contributed by atoms with van der Waals surface area (Å²) in [5.41, 5.74) is 3.45. The van der Waals surface area contributed by atoms with Gasteiger partial charge in [0, 0.05) is 25.6 Å². The first kappa shape index (κ1) is 14.3. The van der Waals surface area contributed by atoms with E-state index in [2.05, 4.69) is 47.2 Å². The largest absolute Gasteiger partial charge is 0.363 e. The van der Waals surface area contributed by atoms with Crippen molar-refractivity contribution in [2.45, 2.75) is 32.6 Å². The number of rotatable bonds is 2. The van der Waals surface area contributed by atoms with Crippen LogP contribution in [0.15, 0.2) is 18.2 Å². The Bertz CT molecular complexity index is 649. The normalized spacial score (nSPS) is 19.0. The van der Waals surface area contributed by atoms with Gasteiger partial charge < -0.3 is 15.2 Å². The number of H-pyrrole nitrogens is 1. The summed E-state index contributed by atoms with van der Waals surface area (Å²) in [6.07, 6.45) is 2.33. The molecule has 0 amide bonds. The molecule has 21 heavy (non-hydrogen) atoms. The molecule has 0 unspecified atom stereocenters. The number of benzene rings is 1. The second-order valence-corrected chi connectivity index (χ2v) is 6.15. The van der Waals surface area contributed by atoms with Crippen LogP contribution in [-0.2, 0) is 0 Å². The van der Waals surface area contributed by atoms with E-state index < -0.39 is 0 Å². The predicted molar refractivity (Wildman–Crippen MR) is 90.7 cm³/mol. The van der Waals surface area contributed by atoms with E-state index in [0.717, 1.165) is 48.0 Å². The van der Waals surface area contributed by atoms with E-state index in [4.69, 9.17) is 17.2 Å². The van der Waals surface area contributed by atoms with Crippen LogP contribution in [0.5, 0.6) is 0 Å². The average Bonchev–Trinajstić information content (AvgIpc) is 2.90. The zero-order valence-electron chi connectivity index (χ0n) is 12.6. The number of aromatic amines is 1. The fourth-order valence-electron chi connectivity index (χ4n) is 2.98. The molecule has 1 aliphatic heterocycles. The van der Waals surface area contributed by atoms with Gasteiger partial charge in [0.2, 0.25) is 0 Å². The topological polar surface area (TPSA) is 44.0 Å². The summed E-state index contributed by atoms with van der Waals surface area (Å²) in [4.78, 5) is 10.5. The molecule has 1 fully saturated rings. The van der Waals surface area contributed by atoms with Crippen molar-refractivity contribution in [2.75, 3.05) is 19.6 Å². The molecule has 5 heteroatoms. The number of thiocarbonyl (C=S) groups is 1. The Morgan fingerprint density at radius 1 is 1.52 bits per heavy atom. The molecule has 0 saturated carbocycles. The summed E-state index contributed by atoms with van der Waals surface area (Å²) in [6, 6.07) is 6.37. The molecule has 0 bridgehead atoms. The fraction of sp³-hybridized carbons (Fsp3) is 0.500. The Hall–Kier alpha value is -1.62. The van der Waals surface area contributed by atoms with E-state index >= 15 is 0 Å². The summed E-state index contributed by atoms with van der Waals surface area (Å²) in [7, 11) is 0. The highest BCUT2D eigenvalue weighted by atomic mass is 32.1. The van der Waals surface area contributed by atoms with Gasteiger partial charge in [-0.15, -0.1) is 0 Å². The Morgan fingerprint density at radius 2 is 2.38 bits per heavy atom. The number of aromatic nitrogens is 2. The standard InChI is InChI=1S/C16H22N4S/c1-3-17-16(21)20-8-4-5-12(10-20)15-18-13-7-6-11(2)9-14(13)19-15/h6-7,9,12H,3-5,8,10H2,1-2H3,(H,17,21)(H,18,19)/t12-/m0/s1. The van der Waals surface area contributed by atoms with Crippen molar-refractivity contribution < 1.29 is 0 Å². The molecule has 2 aromatic rings. The Balaban J connectivity index is 1.79. The highest BCUT2D eigenvalue weighted by Crippen LogP contribution is 2.27. The number of imidazole rings is 1. The lowest BCUT2D eigenvalue weighted by molar-refractivity contribution is 0.300. The van der Waals surface area contributed by atoms with Gasteiger partial charge in [-0.25, -0.2) is 4.98 Å². The predicted octanol–water partition coefficient (Wildman–Crippen LogP) is 2.95. The van der Waals surface area contributed by atoms with Gasteiger partial charge in [-0.2, -0.15) is 0 Å². The molecule has 0 aliphatic carbocycles. The van der Waals surface area contributed by atoms with Crippen molar-refractivity contribution in [3.63, 3.8) is 0 Å². The van der Waals surface area contributed by atoms with Gasteiger partial charge in [0.1, 0.15) is 5.82 Å². The fourth-order valence-corrected chi connectivity index (χ4v) is 3.29. The van der Waals surface area contributed by atoms with Crippen LogP contribution in [0.4, 0.5) is 0 Å². The maximum Gasteiger partial charge on any atom is 0.168 e. The first-order chi connectivity index (χ1) is 10.2. The van der Waals surface area contributed by atoms with Gasteiger partial charge in [0.15, 0.2) is 5.11 Å². The van der Waals surface area contributed by atoms with Gasteiger partial charge in [0.05, 0.1) is 11.0 Å². The first-order valence-electron chi connectivity index (χ1n) is 7.66. The van der Waals surface area contributed by atoms with Crippen LogP contribution in [0.1, 0.15) is 37.1 Å². The summed E-state index contributed by atoms with van der Waals surface area (Å²) in [5.74, 6) is 1.53. The van der Waals surface area contributed by atoms with Crippen molar-refractivity contribution >= 4 is 28.4 Å². The molecular weight excluding hydrogens is 280 g/mol. The molecule has 112 valence electrons. The molecule has 2 heterocycles. The molecular formula is C16H22N4S. The zero-order valence-corrected chi connectivity index (χ0v) is 13.5. The van der Waals surface area contributed by atoms with E-state index in [1.165, 1.54) is 12.0 Å². The lowest BCUT2D eigenvalue weighted by atomic mass is 9.98. The van der Waals surface area contributed by atoms with Crippen LogP contribution in [0.25, 0.3) is 11.0 Å². The van der Waals surface area contributed by atoms with Crippen LogP contribution in [0.2, 0.25) is 0 Å². The van der Waals surface area contributed by atoms with E-state index in [-0.39, 0.29) is 0 Å². The molecule has 1 saturated heterocycles. The minimum absolute atomic E-state index is 0.433. The van der Waals surface area contributed by atoms with Gasteiger partial charge in [-0.1, -0.05) is 6.07 Å². The summed E-state index contributed by atoms with van der Waals surface area (Å²) >= 11 is 5.44. The first-order valence-corrected chi connectivity index (χ1v) is 8.07. The molecule has 1 aliphatic rings. The summed E-state index contributed by atoms with van der Waals surface area (Å²) < 4.78 is 0. The van der Waals surface area contributed by atoms with Gasteiger partial charge in [0.25, 0.3) is 0 Å². The van der Waals surface area contributed by atoms with E-state index in [1.54, 1.807) is 0 Å². The van der Waals surface area contributed by atoms with E-state index in [1.807, 2.05) is 0 Å². The third-order valence-corrected chi connectivity index (χ3v) is 4.48. The third-order valence-electron chi connectivity index (χ3n) is 4.08. The summed E-state index contributed by atoms with van der Waals surface area (Å²) in [5, 5.41) is 4.12. The Morgan fingerprint density at radius 3 is 3.19 bits per heavy atom. The van der Waals surface area contributed by atoms with E-state index in [9.17, 15) is 0 Å². The van der Waals surface area contributed by atoms with Crippen LogP contribution in [0, 0.1) is 6.92 Å². The average molecular weight is 302 g/mol. The molecule has 0 radical (unpaired) electrons.